The number of nitrogens with zero attached hydrogens (tertiary/aromatic N) is 2. The van der Waals surface area contributed by atoms with Crippen molar-refractivity contribution in [1.29, 1.82) is 0 Å². The van der Waals surface area contributed by atoms with Crippen molar-refractivity contribution in [1.82, 2.24) is 10.2 Å². The topological polar surface area (TPSA) is 44.8 Å². The third-order valence-corrected chi connectivity index (χ3v) is 6.52. The Morgan fingerprint density at radius 1 is 0.875 bits per heavy atom. The normalized spacial score (nSPS) is 14.7. The molecule has 1 aliphatic rings. The fraction of sp³-hybridized carbons (Fsp3) is 0.345. The van der Waals surface area contributed by atoms with Gasteiger partial charge in [-0.05, 0) is 78.2 Å². The molecule has 40 heavy (non-hydrogen) atoms. The lowest BCUT2D eigenvalue weighted by Crippen LogP contribution is -2.46. The first-order chi connectivity index (χ1) is 18.9. The molecule has 1 aliphatic heterocycles. The molecule has 11 heteroatoms. The van der Waals surface area contributed by atoms with Gasteiger partial charge in [-0.1, -0.05) is 12.1 Å². The summed E-state index contributed by atoms with van der Waals surface area (Å²) in [5.74, 6) is -0.219. The molecule has 0 bridgehead atoms. The van der Waals surface area contributed by atoms with Crippen LogP contribution in [0.4, 0.5) is 32.0 Å². The minimum atomic E-state index is -4.49. The van der Waals surface area contributed by atoms with E-state index in [1.165, 1.54) is 18.2 Å². The first-order valence-corrected chi connectivity index (χ1v) is 12.8. The predicted octanol–water partition coefficient (Wildman–Crippen LogP) is 6.39. The van der Waals surface area contributed by atoms with Crippen LogP contribution in [0.15, 0.2) is 66.7 Å². The van der Waals surface area contributed by atoms with E-state index in [0.717, 1.165) is 11.8 Å². The Morgan fingerprint density at radius 3 is 2.20 bits per heavy atom. The van der Waals surface area contributed by atoms with Crippen molar-refractivity contribution < 1.29 is 35.9 Å². The van der Waals surface area contributed by atoms with Gasteiger partial charge >= 0.3 is 12.4 Å². The van der Waals surface area contributed by atoms with Gasteiger partial charge in [0.1, 0.15) is 12.3 Å². The van der Waals surface area contributed by atoms with Gasteiger partial charge in [0.15, 0.2) is 0 Å². The van der Waals surface area contributed by atoms with Crippen LogP contribution in [0, 0.1) is 0 Å². The Bertz CT molecular complexity index is 1300. The zero-order valence-corrected chi connectivity index (χ0v) is 21.8. The Labute approximate surface area is 228 Å². The maximum absolute atomic E-state index is 13.7. The van der Waals surface area contributed by atoms with E-state index in [9.17, 15) is 31.1 Å². The number of halogens is 6. The minimum absolute atomic E-state index is 0.124. The molecule has 0 unspecified atom stereocenters. The highest BCUT2D eigenvalue weighted by Gasteiger charge is 2.32. The molecule has 1 saturated heterocycles. The molecule has 214 valence electrons. The number of carbonyl (C=O) groups excluding carboxylic acids is 1. The molecule has 0 spiro atoms. The van der Waals surface area contributed by atoms with Gasteiger partial charge in [-0.25, -0.2) is 0 Å². The van der Waals surface area contributed by atoms with Gasteiger partial charge in [0, 0.05) is 44.0 Å². The summed E-state index contributed by atoms with van der Waals surface area (Å²) < 4.78 is 83.7. The quantitative estimate of drug-likeness (QED) is 0.322. The molecular weight excluding hydrogens is 536 g/mol. The van der Waals surface area contributed by atoms with Crippen molar-refractivity contribution in [3.63, 3.8) is 0 Å². The van der Waals surface area contributed by atoms with E-state index in [1.807, 2.05) is 12.2 Å². The Morgan fingerprint density at radius 2 is 1.57 bits per heavy atom. The first-order valence-electron chi connectivity index (χ1n) is 12.8. The summed E-state index contributed by atoms with van der Waals surface area (Å²) in [5.41, 5.74) is 1.87. The largest absolute Gasteiger partial charge is 0.494 e. The van der Waals surface area contributed by atoms with Crippen LogP contribution < -0.4 is 15.0 Å². The average Bonchev–Trinajstić information content (AvgIpc) is 2.91. The molecule has 1 amide bonds. The summed E-state index contributed by atoms with van der Waals surface area (Å²) in [6.07, 6.45) is -8.98. The number of anilines is 1. The lowest BCUT2D eigenvalue weighted by molar-refractivity contribution is -0.137. The molecule has 1 N–H and O–H groups in total. The molecule has 0 aliphatic carbocycles. The third-order valence-electron chi connectivity index (χ3n) is 6.52. The molecule has 0 saturated carbocycles. The molecule has 3 aromatic rings. The molecule has 5 nitrogen and oxygen atoms in total. The van der Waals surface area contributed by atoms with Gasteiger partial charge in [0.25, 0.3) is 5.91 Å². The van der Waals surface area contributed by atoms with Crippen LogP contribution in [0.25, 0.3) is 11.1 Å². The fourth-order valence-corrected chi connectivity index (χ4v) is 4.57. The summed E-state index contributed by atoms with van der Waals surface area (Å²) >= 11 is 0. The first kappa shape index (κ1) is 29.3. The zero-order chi connectivity index (χ0) is 28.9. The number of nitrogens with one attached hydrogen (secondary N) is 1. The summed E-state index contributed by atoms with van der Waals surface area (Å²) in [6, 6.07) is 17.4. The van der Waals surface area contributed by atoms with Gasteiger partial charge < -0.3 is 15.0 Å². The van der Waals surface area contributed by atoms with Crippen molar-refractivity contribution in [3.05, 3.63) is 83.4 Å². The van der Waals surface area contributed by atoms with E-state index in [4.69, 9.17) is 4.74 Å². The second-order valence-corrected chi connectivity index (χ2v) is 9.49. The van der Waals surface area contributed by atoms with Crippen LogP contribution in [0.1, 0.15) is 28.4 Å². The Kier molecular flexibility index (Phi) is 8.92. The van der Waals surface area contributed by atoms with Crippen LogP contribution in [-0.2, 0) is 12.7 Å². The van der Waals surface area contributed by atoms with E-state index in [-0.39, 0.29) is 5.56 Å². The van der Waals surface area contributed by atoms with E-state index < -0.39 is 30.4 Å². The summed E-state index contributed by atoms with van der Waals surface area (Å²) in [5, 5.41) is 1.84. The SMILES string of the molecule is CCOc1cccc(-c2cc(CN3CCN(c4ccc(C(=O)NCC(F)(F)F)cc4)CC3)cc(C(F)(F)F)c2)c1. The zero-order valence-electron chi connectivity index (χ0n) is 21.8. The molecule has 3 aromatic carbocycles. The van der Waals surface area contributed by atoms with Gasteiger partial charge in [0.2, 0.25) is 0 Å². The number of hydrogen-bond donors (Lipinski definition) is 1. The predicted molar refractivity (Wildman–Crippen MR) is 140 cm³/mol. The molecule has 1 fully saturated rings. The highest BCUT2D eigenvalue weighted by Crippen LogP contribution is 2.35. The number of rotatable bonds is 8. The highest BCUT2D eigenvalue weighted by atomic mass is 19.4. The van der Waals surface area contributed by atoms with E-state index in [2.05, 4.69) is 9.80 Å². The van der Waals surface area contributed by atoms with Crippen LogP contribution in [0.2, 0.25) is 0 Å². The molecular formula is C29H29F6N3O2. The van der Waals surface area contributed by atoms with Gasteiger partial charge in [-0.15, -0.1) is 0 Å². The van der Waals surface area contributed by atoms with E-state index >= 15 is 0 Å². The average molecular weight is 566 g/mol. The van der Waals surface area contributed by atoms with E-state index in [0.29, 0.717) is 61.8 Å². The van der Waals surface area contributed by atoms with Crippen LogP contribution in [0.5, 0.6) is 5.75 Å². The second kappa shape index (κ2) is 12.2. The van der Waals surface area contributed by atoms with Gasteiger partial charge in [0.05, 0.1) is 12.2 Å². The summed E-state index contributed by atoms with van der Waals surface area (Å²) in [6.45, 7) is 3.62. The van der Waals surface area contributed by atoms with Crippen molar-refractivity contribution >= 4 is 11.6 Å². The molecule has 0 radical (unpaired) electrons. The van der Waals surface area contributed by atoms with Crippen molar-refractivity contribution in [2.75, 3.05) is 44.2 Å². The molecule has 0 aromatic heterocycles. The van der Waals surface area contributed by atoms with Gasteiger partial charge in [-0.2, -0.15) is 26.3 Å². The van der Waals surface area contributed by atoms with Crippen LogP contribution in [-0.4, -0.2) is 56.3 Å². The highest BCUT2D eigenvalue weighted by molar-refractivity contribution is 5.94. The summed E-state index contributed by atoms with van der Waals surface area (Å²) in [4.78, 5) is 16.1. The number of amides is 1. The van der Waals surface area contributed by atoms with Crippen LogP contribution >= 0.6 is 0 Å². The van der Waals surface area contributed by atoms with E-state index in [1.54, 1.807) is 42.5 Å². The molecule has 0 atom stereocenters. The second-order valence-electron chi connectivity index (χ2n) is 9.49. The smallest absolute Gasteiger partial charge is 0.416 e. The lowest BCUT2D eigenvalue weighted by Gasteiger charge is -2.36. The van der Waals surface area contributed by atoms with Crippen molar-refractivity contribution in [3.8, 4) is 16.9 Å². The Hall–Kier alpha value is -3.73. The summed E-state index contributed by atoms with van der Waals surface area (Å²) in [7, 11) is 0. The van der Waals surface area contributed by atoms with Gasteiger partial charge in [-0.3, -0.25) is 9.69 Å². The number of piperazine rings is 1. The fourth-order valence-electron chi connectivity index (χ4n) is 4.57. The standard InChI is InChI=1S/C29H29F6N3O2/c1-2-40-26-5-3-4-22(17-26)23-14-20(15-24(16-23)29(33,34)35)18-37-10-12-38(13-11-37)25-8-6-21(7-9-25)27(39)36-19-28(30,31)32/h3-9,14-17H,2,10-13,18-19H2,1H3,(H,36,39). The molecule has 1 heterocycles. The maximum Gasteiger partial charge on any atom is 0.416 e. The number of hydrogen-bond acceptors (Lipinski definition) is 4. The third kappa shape index (κ3) is 7.91. The Balaban J connectivity index is 1.41. The lowest BCUT2D eigenvalue weighted by atomic mass is 9.98. The number of carbonyl (C=O) groups is 1. The van der Waals surface area contributed by atoms with Crippen molar-refractivity contribution in [2.24, 2.45) is 0 Å². The maximum atomic E-state index is 13.7. The van der Waals surface area contributed by atoms with Crippen LogP contribution in [0.3, 0.4) is 0 Å². The molecule has 4 rings (SSSR count). The number of alkyl halides is 6. The number of ether oxygens (including phenoxy) is 1. The van der Waals surface area contributed by atoms with Crippen molar-refractivity contribution in [2.45, 2.75) is 25.8 Å². The minimum Gasteiger partial charge on any atom is -0.494 e. The monoisotopic (exact) mass is 565 g/mol. The number of benzene rings is 3.